The summed E-state index contributed by atoms with van der Waals surface area (Å²) in [6.45, 7) is 0. The Morgan fingerprint density at radius 2 is 0.351 bits per heavy atom. The molecule has 0 aromatic carbocycles. The van der Waals surface area contributed by atoms with Gasteiger partial charge in [0.15, 0.2) is 0 Å². The van der Waals surface area contributed by atoms with Gasteiger partial charge < -0.3 is 30.6 Å². The number of rotatable bonds is 22. The second-order valence-corrected chi connectivity index (χ2v) is 8.46. The van der Waals surface area contributed by atoms with E-state index in [1.807, 2.05) is 0 Å². The summed E-state index contributed by atoms with van der Waals surface area (Å²) in [6, 6.07) is 0. The van der Waals surface area contributed by atoms with Gasteiger partial charge in [0.1, 0.15) is 0 Å². The summed E-state index contributed by atoms with van der Waals surface area (Å²) in [5.41, 5.74) is 0. The molecule has 0 unspecified atom stereocenters. The molecule has 0 amide bonds. The summed E-state index contributed by atoms with van der Waals surface area (Å²) in [6.07, 6.45) is 11.4. The van der Waals surface area contributed by atoms with Crippen molar-refractivity contribution in [3.63, 3.8) is 0 Å². The summed E-state index contributed by atoms with van der Waals surface area (Å²) in [7, 11) is 0. The second kappa shape index (κ2) is 29.1. The summed E-state index contributed by atoms with van der Waals surface area (Å²) < 4.78 is 0. The molecule has 0 fully saturated rings. The van der Waals surface area contributed by atoms with Crippen molar-refractivity contribution in [1.82, 2.24) is 0 Å². The first-order valence-electron chi connectivity index (χ1n) is 12.7. The van der Waals surface area contributed by atoms with Crippen LogP contribution in [0.15, 0.2) is 0 Å². The number of carboxylic acid groups (broad SMARTS) is 6. The molecule has 0 atom stereocenters. The van der Waals surface area contributed by atoms with Crippen LogP contribution < -0.4 is 0 Å². The largest absolute Gasteiger partial charge is 0.481 e. The Labute approximate surface area is 217 Å². The van der Waals surface area contributed by atoms with Crippen LogP contribution in [0.2, 0.25) is 0 Å². The number of carbonyl (C=O) groups is 6. The van der Waals surface area contributed by atoms with E-state index in [-0.39, 0.29) is 38.5 Å². The van der Waals surface area contributed by atoms with Crippen LogP contribution in [0, 0.1) is 0 Å². The van der Waals surface area contributed by atoms with Crippen molar-refractivity contribution in [1.29, 1.82) is 0 Å². The molecular formula is C25H44O12. The highest BCUT2D eigenvalue weighted by Crippen LogP contribution is 2.08. The molecule has 0 heterocycles. The van der Waals surface area contributed by atoms with Gasteiger partial charge in [0, 0.05) is 38.5 Å². The quantitative estimate of drug-likeness (QED) is 0.102. The first-order chi connectivity index (χ1) is 17.4. The Bertz CT molecular complexity index is 592. The topological polar surface area (TPSA) is 224 Å². The summed E-state index contributed by atoms with van der Waals surface area (Å²) in [5.74, 6) is -4.74. The maximum absolute atomic E-state index is 10.1. The highest BCUT2D eigenvalue weighted by atomic mass is 16.4. The molecule has 0 saturated heterocycles. The average molecular weight is 537 g/mol. The molecule has 0 rings (SSSR count). The van der Waals surface area contributed by atoms with Crippen LogP contribution in [0.25, 0.3) is 0 Å². The van der Waals surface area contributed by atoms with Gasteiger partial charge in [0.05, 0.1) is 0 Å². The van der Waals surface area contributed by atoms with E-state index < -0.39 is 35.8 Å². The average Bonchev–Trinajstić information content (AvgIpc) is 2.78. The van der Waals surface area contributed by atoms with E-state index in [2.05, 4.69) is 0 Å². The van der Waals surface area contributed by atoms with E-state index in [1.165, 1.54) is 0 Å². The van der Waals surface area contributed by atoms with Crippen molar-refractivity contribution in [2.24, 2.45) is 0 Å². The molecule has 12 nitrogen and oxygen atoms in total. The van der Waals surface area contributed by atoms with Gasteiger partial charge in [-0.1, -0.05) is 44.9 Å². The molecule has 216 valence electrons. The zero-order valence-corrected chi connectivity index (χ0v) is 21.6. The number of unbranched alkanes of at least 4 members (excludes halogenated alkanes) is 10. The zero-order valence-electron chi connectivity index (χ0n) is 21.6. The third-order valence-corrected chi connectivity index (χ3v) is 4.84. The fourth-order valence-corrected chi connectivity index (χ4v) is 2.89. The fourth-order valence-electron chi connectivity index (χ4n) is 2.89. The standard InChI is InChI=1S/C10H18O4.C9H16O4.C6H10O4/c11-9(12)7-5-3-1-2-4-6-8-10(13)14;10-8(11)6-4-2-1-3-5-7-9(12)13;7-5(8)3-1-2-4-6(9)10/h1-8H2,(H,11,12)(H,13,14);1-7H2,(H,10,11)(H,12,13);1-4H2,(H,7,8)(H,9,10). The van der Waals surface area contributed by atoms with Crippen molar-refractivity contribution < 1.29 is 59.4 Å². The predicted octanol–water partition coefficient (Wildman–Crippen LogP) is 4.88. The summed E-state index contributed by atoms with van der Waals surface area (Å²) >= 11 is 0. The van der Waals surface area contributed by atoms with Crippen LogP contribution in [0.4, 0.5) is 0 Å². The van der Waals surface area contributed by atoms with Gasteiger partial charge in [-0.3, -0.25) is 28.8 Å². The molecule has 0 aromatic heterocycles. The normalized spacial score (nSPS) is 9.73. The number of aliphatic carboxylic acids is 6. The SMILES string of the molecule is O=C(O)CCCCC(=O)O.O=C(O)CCCCCCCC(=O)O.O=C(O)CCCCCCCCC(=O)O. The lowest BCUT2D eigenvalue weighted by atomic mass is 10.1. The number of hydrogen-bond donors (Lipinski definition) is 6. The fraction of sp³-hybridized carbons (Fsp3) is 0.760. The van der Waals surface area contributed by atoms with Gasteiger partial charge in [-0.05, 0) is 38.5 Å². The third-order valence-electron chi connectivity index (χ3n) is 4.84. The molecule has 0 aliphatic rings. The minimum Gasteiger partial charge on any atom is -0.481 e. The smallest absolute Gasteiger partial charge is 0.303 e. The minimum atomic E-state index is -0.870. The van der Waals surface area contributed by atoms with Crippen molar-refractivity contribution >= 4 is 35.8 Å². The monoisotopic (exact) mass is 536 g/mol. The predicted molar refractivity (Wildman–Crippen MR) is 134 cm³/mol. The molecule has 0 bridgehead atoms. The Hall–Kier alpha value is -3.18. The Kier molecular flexibility index (Phi) is 30.1. The van der Waals surface area contributed by atoms with Crippen LogP contribution in [0.1, 0.15) is 122 Å². The third kappa shape index (κ3) is 50.6. The van der Waals surface area contributed by atoms with Crippen molar-refractivity contribution in [2.75, 3.05) is 0 Å². The Morgan fingerprint density at radius 3 is 0.486 bits per heavy atom. The van der Waals surface area contributed by atoms with E-state index in [9.17, 15) is 28.8 Å². The van der Waals surface area contributed by atoms with Crippen LogP contribution >= 0.6 is 0 Å². The molecule has 0 radical (unpaired) electrons. The molecule has 12 heteroatoms. The Morgan fingerprint density at radius 1 is 0.243 bits per heavy atom. The van der Waals surface area contributed by atoms with Crippen molar-refractivity contribution in [2.45, 2.75) is 122 Å². The lowest BCUT2D eigenvalue weighted by Gasteiger charge is -1.98. The molecule has 6 N–H and O–H groups in total. The number of hydrogen-bond acceptors (Lipinski definition) is 6. The van der Waals surface area contributed by atoms with Gasteiger partial charge in [-0.15, -0.1) is 0 Å². The highest BCUT2D eigenvalue weighted by Gasteiger charge is 2.00. The molecule has 0 saturated carbocycles. The number of carboxylic acids is 6. The van der Waals surface area contributed by atoms with Crippen molar-refractivity contribution in [3.05, 3.63) is 0 Å². The van der Waals surface area contributed by atoms with Gasteiger partial charge in [0.2, 0.25) is 0 Å². The zero-order chi connectivity index (χ0) is 28.9. The van der Waals surface area contributed by atoms with E-state index in [0.29, 0.717) is 25.7 Å². The highest BCUT2D eigenvalue weighted by molar-refractivity contribution is 5.68. The molecule has 0 spiro atoms. The first-order valence-corrected chi connectivity index (χ1v) is 12.7. The first kappa shape index (κ1) is 38.4. The van der Waals surface area contributed by atoms with E-state index in [0.717, 1.165) is 57.8 Å². The van der Waals surface area contributed by atoms with Crippen molar-refractivity contribution in [3.8, 4) is 0 Å². The maximum atomic E-state index is 10.1. The van der Waals surface area contributed by atoms with Crippen LogP contribution in [0.3, 0.4) is 0 Å². The van der Waals surface area contributed by atoms with E-state index >= 15 is 0 Å². The van der Waals surface area contributed by atoms with E-state index in [4.69, 9.17) is 30.6 Å². The molecule has 0 aliphatic carbocycles. The second-order valence-electron chi connectivity index (χ2n) is 8.46. The van der Waals surface area contributed by atoms with Gasteiger partial charge in [0.25, 0.3) is 0 Å². The molecule has 0 aliphatic heterocycles. The summed E-state index contributed by atoms with van der Waals surface area (Å²) in [4.78, 5) is 60.3. The van der Waals surface area contributed by atoms with Gasteiger partial charge >= 0.3 is 35.8 Å². The minimum absolute atomic E-state index is 0.0628. The van der Waals surface area contributed by atoms with E-state index in [1.54, 1.807) is 0 Å². The van der Waals surface area contributed by atoms with Crippen LogP contribution in [0.5, 0.6) is 0 Å². The van der Waals surface area contributed by atoms with Gasteiger partial charge in [-0.2, -0.15) is 0 Å². The molecule has 0 aromatic rings. The molecular weight excluding hydrogens is 492 g/mol. The summed E-state index contributed by atoms with van der Waals surface area (Å²) in [5, 5.41) is 49.6. The van der Waals surface area contributed by atoms with Crippen LogP contribution in [-0.2, 0) is 28.8 Å². The lowest BCUT2D eigenvalue weighted by molar-refractivity contribution is -0.139. The molecule has 37 heavy (non-hydrogen) atoms. The van der Waals surface area contributed by atoms with Gasteiger partial charge in [-0.25, -0.2) is 0 Å². The Balaban J connectivity index is -0.000000476. The van der Waals surface area contributed by atoms with Crippen LogP contribution in [-0.4, -0.2) is 66.5 Å². The lowest BCUT2D eigenvalue weighted by Crippen LogP contribution is -1.97. The maximum Gasteiger partial charge on any atom is 0.303 e.